The molecule has 1 saturated heterocycles. The summed E-state index contributed by atoms with van der Waals surface area (Å²) < 4.78 is 16.3. The SMILES string of the molecule is COC(=O)C1CCCCN1C(=O)COc1ccc2c3c(c(=O)oc2c1C)CCCC3. The molecular weight excluding hydrogens is 386 g/mol. The fraction of sp³-hybridized carbons (Fsp3) is 0.522. The molecule has 2 aliphatic rings. The maximum atomic E-state index is 12.7. The molecule has 0 N–H and O–H groups in total. The molecule has 0 bridgehead atoms. The van der Waals surface area contributed by atoms with Crippen molar-refractivity contribution in [3.05, 3.63) is 39.2 Å². The molecule has 30 heavy (non-hydrogen) atoms. The number of likely N-dealkylation sites (tertiary alicyclic amines) is 1. The highest BCUT2D eigenvalue weighted by Gasteiger charge is 2.33. The minimum absolute atomic E-state index is 0.186. The lowest BCUT2D eigenvalue weighted by molar-refractivity contribution is -0.155. The van der Waals surface area contributed by atoms with Crippen LogP contribution in [0.1, 0.15) is 48.8 Å². The van der Waals surface area contributed by atoms with Gasteiger partial charge in [0.1, 0.15) is 17.4 Å². The number of benzene rings is 1. The molecule has 0 spiro atoms. The smallest absolute Gasteiger partial charge is 0.339 e. The van der Waals surface area contributed by atoms with Crippen molar-refractivity contribution in [2.24, 2.45) is 0 Å². The maximum absolute atomic E-state index is 12.7. The third-order valence-electron chi connectivity index (χ3n) is 6.24. The number of ether oxygens (including phenoxy) is 2. The van der Waals surface area contributed by atoms with Gasteiger partial charge in [0.25, 0.3) is 5.91 Å². The first-order chi connectivity index (χ1) is 14.5. The lowest BCUT2D eigenvalue weighted by atomic mass is 9.90. The molecule has 7 nitrogen and oxygen atoms in total. The van der Waals surface area contributed by atoms with E-state index in [1.165, 1.54) is 7.11 Å². The van der Waals surface area contributed by atoms with Gasteiger partial charge < -0.3 is 18.8 Å². The van der Waals surface area contributed by atoms with E-state index in [9.17, 15) is 14.4 Å². The molecule has 7 heteroatoms. The van der Waals surface area contributed by atoms with Crippen molar-refractivity contribution in [2.45, 2.75) is 57.9 Å². The molecule has 1 fully saturated rings. The molecule has 0 radical (unpaired) electrons. The summed E-state index contributed by atoms with van der Waals surface area (Å²) in [4.78, 5) is 38.7. The number of hydrogen-bond donors (Lipinski definition) is 0. The Morgan fingerprint density at radius 3 is 2.67 bits per heavy atom. The highest BCUT2D eigenvalue weighted by atomic mass is 16.5. The van der Waals surface area contributed by atoms with Crippen molar-refractivity contribution in [3.63, 3.8) is 0 Å². The molecule has 1 aliphatic heterocycles. The van der Waals surface area contributed by atoms with Gasteiger partial charge in [-0.15, -0.1) is 0 Å². The Bertz CT molecular complexity index is 1040. The predicted octanol–water partition coefficient (Wildman–Crippen LogP) is 2.91. The molecule has 2 heterocycles. The van der Waals surface area contributed by atoms with Gasteiger partial charge in [0, 0.05) is 23.1 Å². The third-order valence-corrected chi connectivity index (χ3v) is 6.24. The van der Waals surface area contributed by atoms with Crippen LogP contribution in [0.5, 0.6) is 5.75 Å². The number of carbonyl (C=O) groups excluding carboxylic acids is 2. The lowest BCUT2D eigenvalue weighted by Crippen LogP contribution is -2.50. The quantitative estimate of drug-likeness (QED) is 0.566. The van der Waals surface area contributed by atoms with E-state index in [-0.39, 0.29) is 18.1 Å². The maximum Gasteiger partial charge on any atom is 0.339 e. The molecule has 1 unspecified atom stereocenters. The normalized spacial score (nSPS) is 18.7. The predicted molar refractivity (Wildman–Crippen MR) is 111 cm³/mol. The Morgan fingerprint density at radius 2 is 1.90 bits per heavy atom. The Labute approximate surface area is 174 Å². The highest BCUT2D eigenvalue weighted by Crippen LogP contribution is 2.32. The van der Waals surface area contributed by atoms with Crippen molar-refractivity contribution >= 4 is 22.8 Å². The fourth-order valence-electron chi connectivity index (χ4n) is 4.61. The summed E-state index contributed by atoms with van der Waals surface area (Å²) in [6.45, 7) is 2.16. The summed E-state index contributed by atoms with van der Waals surface area (Å²) in [5.74, 6) is -0.144. The standard InChI is InChI=1S/C23H27NO6/c1-14-19(29-13-20(25)24-12-6-5-9-18(24)23(27)28-2)11-10-16-15-7-3-4-8-17(15)22(26)30-21(14)16/h10-11,18H,3-9,12-13H2,1-2H3. The fourth-order valence-corrected chi connectivity index (χ4v) is 4.61. The van der Waals surface area contributed by atoms with Crippen LogP contribution in [0.2, 0.25) is 0 Å². The van der Waals surface area contributed by atoms with Gasteiger partial charge in [0.15, 0.2) is 6.61 Å². The van der Waals surface area contributed by atoms with Crippen LogP contribution in [-0.2, 0) is 27.2 Å². The molecule has 1 atom stereocenters. The van der Waals surface area contributed by atoms with Crippen LogP contribution in [0, 0.1) is 6.92 Å². The van der Waals surface area contributed by atoms with Crippen LogP contribution >= 0.6 is 0 Å². The van der Waals surface area contributed by atoms with Crippen LogP contribution in [0.15, 0.2) is 21.3 Å². The first-order valence-corrected chi connectivity index (χ1v) is 10.6. The molecular formula is C23H27NO6. The van der Waals surface area contributed by atoms with Crippen molar-refractivity contribution in [2.75, 3.05) is 20.3 Å². The van der Waals surface area contributed by atoms with Gasteiger partial charge >= 0.3 is 11.6 Å². The minimum atomic E-state index is -0.554. The number of amides is 1. The summed E-state index contributed by atoms with van der Waals surface area (Å²) in [5.41, 5.74) is 2.82. The van der Waals surface area contributed by atoms with Gasteiger partial charge in [-0.1, -0.05) is 0 Å². The Kier molecular flexibility index (Phi) is 5.79. The van der Waals surface area contributed by atoms with Crippen molar-refractivity contribution in [3.8, 4) is 5.75 Å². The van der Waals surface area contributed by atoms with Gasteiger partial charge in [0.05, 0.1) is 7.11 Å². The number of fused-ring (bicyclic) bond motifs is 3. The van der Waals surface area contributed by atoms with Crippen LogP contribution in [-0.4, -0.2) is 43.1 Å². The van der Waals surface area contributed by atoms with E-state index in [2.05, 4.69) is 0 Å². The van der Waals surface area contributed by atoms with Gasteiger partial charge in [-0.25, -0.2) is 9.59 Å². The number of rotatable bonds is 4. The monoisotopic (exact) mass is 413 g/mol. The van der Waals surface area contributed by atoms with Gasteiger partial charge in [-0.2, -0.15) is 0 Å². The zero-order valence-corrected chi connectivity index (χ0v) is 17.5. The van der Waals surface area contributed by atoms with Gasteiger partial charge in [-0.05, 0) is 69.6 Å². The number of nitrogens with zero attached hydrogens (tertiary/aromatic N) is 1. The van der Waals surface area contributed by atoms with Crippen molar-refractivity contribution in [1.29, 1.82) is 0 Å². The van der Waals surface area contributed by atoms with Gasteiger partial charge in [0.2, 0.25) is 0 Å². The third kappa shape index (κ3) is 3.68. The molecule has 1 aromatic heterocycles. The van der Waals surface area contributed by atoms with E-state index in [1.807, 2.05) is 19.1 Å². The topological polar surface area (TPSA) is 86.0 Å². The second-order valence-electron chi connectivity index (χ2n) is 8.03. The Hall–Kier alpha value is -2.83. The summed E-state index contributed by atoms with van der Waals surface area (Å²) in [6, 6.07) is 3.18. The molecule has 0 saturated carbocycles. The van der Waals surface area contributed by atoms with Crippen LogP contribution in [0.3, 0.4) is 0 Å². The molecule has 4 rings (SSSR count). The van der Waals surface area contributed by atoms with E-state index in [1.54, 1.807) is 4.90 Å². The number of esters is 1. The highest BCUT2D eigenvalue weighted by molar-refractivity contribution is 5.87. The largest absolute Gasteiger partial charge is 0.483 e. The van der Waals surface area contributed by atoms with Crippen molar-refractivity contribution in [1.82, 2.24) is 4.90 Å². The molecule has 160 valence electrons. The Morgan fingerprint density at radius 1 is 1.13 bits per heavy atom. The second-order valence-corrected chi connectivity index (χ2v) is 8.03. The number of aryl methyl sites for hydroxylation is 2. The molecule has 1 amide bonds. The molecule has 2 aromatic rings. The van der Waals surface area contributed by atoms with E-state index >= 15 is 0 Å². The molecule has 1 aromatic carbocycles. The van der Waals surface area contributed by atoms with E-state index < -0.39 is 12.0 Å². The van der Waals surface area contributed by atoms with Crippen LogP contribution in [0.25, 0.3) is 11.0 Å². The number of piperidine rings is 1. The van der Waals surface area contributed by atoms with Crippen LogP contribution in [0.4, 0.5) is 0 Å². The van der Waals surface area contributed by atoms with Crippen molar-refractivity contribution < 1.29 is 23.5 Å². The first kappa shape index (κ1) is 20.4. The number of methoxy groups -OCH3 is 1. The summed E-state index contributed by atoms with van der Waals surface area (Å²) in [5, 5.41) is 0.947. The van der Waals surface area contributed by atoms with E-state index in [0.717, 1.165) is 55.0 Å². The van der Waals surface area contributed by atoms with Gasteiger partial charge in [-0.3, -0.25) is 4.79 Å². The Balaban J connectivity index is 1.55. The zero-order chi connectivity index (χ0) is 21.3. The first-order valence-electron chi connectivity index (χ1n) is 10.6. The zero-order valence-electron chi connectivity index (χ0n) is 17.5. The van der Waals surface area contributed by atoms with E-state index in [4.69, 9.17) is 13.9 Å². The average molecular weight is 413 g/mol. The van der Waals surface area contributed by atoms with Crippen LogP contribution < -0.4 is 10.4 Å². The number of carbonyl (C=O) groups is 2. The summed E-state index contributed by atoms with van der Waals surface area (Å²) >= 11 is 0. The lowest BCUT2D eigenvalue weighted by Gasteiger charge is -2.33. The molecule has 1 aliphatic carbocycles. The minimum Gasteiger partial charge on any atom is -0.483 e. The second kappa shape index (κ2) is 8.50. The summed E-state index contributed by atoms with van der Waals surface area (Å²) in [7, 11) is 1.33. The average Bonchev–Trinajstić information content (AvgIpc) is 2.78. The number of hydrogen-bond acceptors (Lipinski definition) is 6. The summed E-state index contributed by atoms with van der Waals surface area (Å²) in [6.07, 6.45) is 6.05. The van der Waals surface area contributed by atoms with E-state index in [0.29, 0.717) is 29.9 Å².